The van der Waals surface area contributed by atoms with Crippen LogP contribution in [0.25, 0.3) is 0 Å². The molecule has 0 atom stereocenters. The Hall–Kier alpha value is -1.27. The molecule has 0 spiro atoms. The lowest BCUT2D eigenvalue weighted by molar-refractivity contribution is 0.0913. The largest absolute Gasteiger partial charge is 0.397 e. The molecule has 0 aliphatic heterocycles. The molecule has 0 saturated carbocycles. The number of benzene rings is 1. The molecular formula is C11H18N2O3S. The van der Waals surface area contributed by atoms with E-state index >= 15 is 0 Å². The van der Waals surface area contributed by atoms with Crippen LogP contribution in [0.3, 0.4) is 0 Å². The molecule has 0 unspecified atom stereocenters. The van der Waals surface area contributed by atoms with Gasteiger partial charge in [-0.05, 0) is 26.0 Å². The fourth-order valence-corrected chi connectivity index (χ4v) is 2.14. The van der Waals surface area contributed by atoms with Crippen molar-refractivity contribution < 1.29 is 13.2 Å². The second-order valence-electron chi connectivity index (χ2n) is 3.93. The van der Waals surface area contributed by atoms with Gasteiger partial charge in [0, 0.05) is 0 Å². The minimum Gasteiger partial charge on any atom is -0.397 e. The van der Waals surface area contributed by atoms with Gasteiger partial charge in [0.1, 0.15) is 0 Å². The first-order valence-electron chi connectivity index (χ1n) is 5.37. The monoisotopic (exact) mass is 258 g/mol. The summed E-state index contributed by atoms with van der Waals surface area (Å²) in [6.07, 6.45) is 0.0204. The van der Waals surface area contributed by atoms with Crippen molar-refractivity contribution in [2.75, 3.05) is 22.8 Å². The molecule has 0 radical (unpaired) electrons. The van der Waals surface area contributed by atoms with E-state index in [1.54, 1.807) is 24.3 Å². The number of nitrogens with two attached hydrogens (primary N) is 1. The quantitative estimate of drug-likeness (QED) is 0.756. The average molecular weight is 258 g/mol. The number of nitrogen functional groups attached to an aromatic ring is 1. The first-order chi connectivity index (χ1) is 7.91. The fraction of sp³-hybridized carbons (Fsp3) is 0.455. The summed E-state index contributed by atoms with van der Waals surface area (Å²) in [5.41, 5.74) is 6.45. The fourth-order valence-electron chi connectivity index (χ4n) is 1.20. The Morgan fingerprint density at radius 1 is 1.35 bits per heavy atom. The third-order valence-corrected chi connectivity index (χ3v) is 3.26. The number of nitrogens with one attached hydrogen (secondary N) is 1. The topological polar surface area (TPSA) is 81.4 Å². The Labute approximate surface area is 102 Å². The van der Waals surface area contributed by atoms with Crippen LogP contribution in [0.15, 0.2) is 24.3 Å². The molecule has 0 amide bonds. The van der Waals surface area contributed by atoms with Gasteiger partial charge < -0.3 is 10.5 Å². The van der Waals surface area contributed by atoms with Gasteiger partial charge in [-0.2, -0.15) is 0 Å². The minimum absolute atomic E-state index is 0.0204. The van der Waals surface area contributed by atoms with E-state index in [-0.39, 0.29) is 18.5 Å². The normalized spacial score (nSPS) is 11.7. The first-order valence-corrected chi connectivity index (χ1v) is 7.02. The highest BCUT2D eigenvalue weighted by Gasteiger charge is 2.12. The van der Waals surface area contributed by atoms with Crippen LogP contribution in [0.4, 0.5) is 11.4 Å². The minimum atomic E-state index is -3.41. The molecule has 17 heavy (non-hydrogen) atoms. The molecule has 1 aromatic rings. The molecule has 0 fully saturated rings. The Morgan fingerprint density at radius 3 is 2.59 bits per heavy atom. The Balaban J connectivity index is 2.58. The zero-order valence-corrected chi connectivity index (χ0v) is 10.8. The molecule has 0 bridgehead atoms. The first kappa shape index (κ1) is 13.8. The molecule has 1 rings (SSSR count). The van der Waals surface area contributed by atoms with Gasteiger partial charge in [0.2, 0.25) is 10.0 Å². The van der Waals surface area contributed by atoms with E-state index in [1.165, 1.54) is 0 Å². The van der Waals surface area contributed by atoms with E-state index in [1.807, 2.05) is 13.8 Å². The van der Waals surface area contributed by atoms with Crippen LogP contribution in [0, 0.1) is 0 Å². The van der Waals surface area contributed by atoms with Crippen LogP contribution in [0.5, 0.6) is 0 Å². The van der Waals surface area contributed by atoms with Gasteiger partial charge in [-0.1, -0.05) is 12.1 Å². The van der Waals surface area contributed by atoms with Crippen molar-refractivity contribution in [1.29, 1.82) is 0 Å². The van der Waals surface area contributed by atoms with Crippen molar-refractivity contribution in [3.63, 3.8) is 0 Å². The summed E-state index contributed by atoms with van der Waals surface area (Å²) in [6, 6.07) is 6.73. The smallest absolute Gasteiger partial charge is 0.235 e. The summed E-state index contributed by atoms with van der Waals surface area (Å²) >= 11 is 0. The lowest BCUT2D eigenvalue weighted by Crippen LogP contribution is -2.22. The van der Waals surface area contributed by atoms with E-state index in [0.717, 1.165) is 0 Å². The van der Waals surface area contributed by atoms with Gasteiger partial charge in [-0.15, -0.1) is 0 Å². The Kier molecular flexibility index (Phi) is 4.77. The highest BCUT2D eigenvalue weighted by atomic mass is 32.2. The van der Waals surface area contributed by atoms with E-state index < -0.39 is 10.0 Å². The molecule has 96 valence electrons. The third-order valence-electron chi connectivity index (χ3n) is 2.03. The molecule has 0 saturated heterocycles. The highest BCUT2D eigenvalue weighted by molar-refractivity contribution is 7.92. The maximum absolute atomic E-state index is 11.7. The van der Waals surface area contributed by atoms with Crippen LogP contribution in [0.1, 0.15) is 13.8 Å². The Morgan fingerprint density at radius 2 is 2.00 bits per heavy atom. The van der Waals surface area contributed by atoms with Gasteiger partial charge in [0.05, 0.1) is 29.8 Å². The van der Waals surface area contributed by atoms with Crippen molar-refractivity contribution in [2.45, 2.75) is 20.0 Å². The molecular weight excluding hydrogens is 240 g/mol. The lowest BCUT2D eigenvalue weighted by atomic mass is 10.3. The summed E-state index contributed by atoms with van der Waals surface area (Å²) in [5, 5.41) is 0. The Bertz CT molecular complexity index is 458. The molecule has 0 aromatic heterocycles. The zero-order valence-electron chi connectivity index (χ0n) is 10.0. The van der Waals surface area contributed by atoms with Crippen molar-refractivity contribution in [1.82, 2.24) is 0 Å². The second kappa shape index (κ2) is 5.88. The van der Waals surface area contributed by atoms with Gasteiger partial charge in [0.25, 0.3) is 0 Å². The number of rotatable bonds is 6. The molecule has 0 aliphatic rings. The van der Waals surface area contributed by atoms with Gasteiger partial charge in [0.15, 0.2) is 0 Å². The van der Waals surface area contributed by atoms with E-state index in [4.69, 9.17) is 10.5 Å². The number of sulfonamides is 1. The predicted molar refractivity (Wildman–Crippen MR) is 69.4 cm³/mol. The van der Waals surface area contributed by atoms with Gasteiger partial charge in [-0.3, -0.25) is 4.72 Å². The molecule has 1 aromatic carbocycles. The average Bonchev–Trinajstić information content (AvgIpc) is 2.20. The van der Waals surface area contributed by atoms with Gasteiger partial charge in [-0.25, -0.2) is 8.42 Å². The standard InChI is InChI=1S/C11H18N2O3S/c1-9(2)16-7-8-17(14,15)13-11-6-4-3-5-10(11)12/h3-6,9,13H,7-8,12H2,1-2H3. The van der Waals surface area contributed by atoms with Gasteiger partial charge >= 0.3 is 0 Å². The number of anilines is 2. The maximum atomic E-state index is 11.7. The van der Waals surface area contributed by atoms with Crippen LogP contribution in [0.2, 0.25) is 0 Å². The summed E-state index contributed by atoms with van der Waals surface area (Å²) in [6.45, 7) is 3.88. The van der Waals surface area contributed by atoms with Crippen LogP contribution >= 0.6 is 0 Å². The second-order valence-corrected chi connectivity index (χ2v) is 5.77. The van der Waals surface area contributed by atoms with E-state index in [9.17, 15) is 8.42 Å². The maximum Gasteiger partial charge on any atom is 0.235 e. The summed E-state index contributed by atoms with van der Waals surface area (Å²) in [7, 11) is -3.41. The van der Waals surface area contributed by atoms with Crippen molar-refractivity contribution >= 4 is 21.4 Å². The highest BCUT2D eigenvalue weighted by Crippen LogP contribution is 2.18. The van der Waals surface area contributed by atoms with Crippen molar-refractivity contribution in [3.8, 4) is 0 Å². The SMILES string of the molecule is CC(C)OCCS(=O)(=O)Nc1ccccc1N. The van der Waals surface area contributed by atoms with Crippen molar-refractivity contribution in [3.05, 3.63) is 24.3 Å². The lowest BCUT2D eigenvalue weighted by Gasteiger charge is -2.11. The van der Waals surface area contributed by atoms with Crippen LogP contribution in [-0.2, 0) is 14.8 Å². The molecule has 6 heteroatoms. The van der Waals surface area contributed by atoms with Crippen LogP contribution < -0.4 is 10.5 Å². The predicted octanol–water partition coefficient (Wildman–Crippen LogP) is 1.44. The zero-order chi connectivity index (χ0) is 12.9. The number of hydrogen-bond acceptors (Lipinski definition) is 4. The number of para-hydroxylation sites is 2. The van der Waals surface area contributed by atoms with E-state index in [0.29, 0.717) is 11.4 Å². The summed E-state index contributed by atoms with van der Waals surface area (Å²) < 4.78 is 31.0. The van der Waals surface area contributed by atoms with Crippen molar-refractivity contribution in [2.24, 2.45) is 0 Å². The molecule has 3 N–H and O–H groups in total. The third kappa shape index (κ3) is 5.06. The molecule has 5 nitrogen and oxygen atoms in total. The number of hydrogen-bond donors (Lipinski definition) is 2. The van der Waals surface area contributed by atoms with Crippen LogP contribution in [-0.4, -0.2) is 26.9 Å². The summed E-state index contributed by atoms with van der Waals surface area (Å²) in [5.74, 6) is -0.0838. The summed E-state index contributed by atoms with van der Waals surface area (Å²) in [4.78, 5) is 0. The molecule has 0 heterocycles. The van der Waals surface area contributed by atoms with E-state index in [2.05, 4.69) is 4.72 Å². The molecule has 0 aliphatic carbocycles. The number of ether oxygens (including phenoxy) is 1.